The van der Waals surface area contributed by atoms with Gasteiger partial charge in [0.25, 0.3) is 0 Å². The van der Waals surface area contributed by atoms with Crippen LogP contribution in [0.25, 0.3) is 0 Å². The lowest BCUT2D eigenvalue weighted by Gasteiger charge is -2.18. The van der Waals surface area contributed by atoms with E-state index in [2.05, 4.69) is 88.0 Å². The average Bonchev–Trinajstić information content (AvgIpc) is 2.48. The van der Waals surface area contributed by atoms with Crippen LogP contribution in [0.2, 0.25) is 0 Å². The van der Waals surface area contributed by atoms with E-state index in [0.717, 1.165) is 16.8 Å². The van der Waals surface area contributed by atoms with Crippen molar-refractivity contribution >= 4 is 38.5 Å². The van der Waals surface area contributed by atoms with E-state index in [9.17, 15) is 0 Å². The first-order valence-electron chi connectivity index (χ1n) is 7.00. The molecule has 4 heteroatoms. The lowest BCUT2D eigenvalue weighted by atomic mass is 10.1. The first-order chi connectivity index (χ1) is 10.1. The molecule has 1 N–H and O–H groups in total. The van der Waals surface area contributed by atoms with E-state index in [4.69, 9.17) is 4.74 Å². The highest BCUT2D eigenvalue weighted by molar-refractivity contribution is 14.1. The Morgan fingerprint density at radius 3 is 2.57 bits per heavy atom. The van der Waals surface area contributed by atoms with Gasteiger partial charge in [0, 0.05) is 19.6 Å². The van der Waals surface area contributed by atoms with Gasteiger partial charge in [0.05, 0.1) is 0 Å². The molecule has 0 aliphatic carbocycles. The molecule has 2 rings (SSSR count). The molecule has 2 aromatic rings. The van der Waals surface area contributed by atoms with Gasteiger partial charge in [-0.05, 0) is 72.0 Å². The molecule has 0 aliphatic rings. The van der Waals surface area contributed by atoms with E-state index in [1.165, 1.54) is 14.7 Å². The first kappa shape index (κ1) is 16.8. The van der Waals surface area contributed by atoms with E-state index in [-0.39, 0.29) is 6.04 Å². The summed E-state index contributed by atoms with van der Waals surface area (Å²) in [6, 6.07) is 14.8. The maximum Gasteiger partial charge on any atom is 0.124 e. The van der Waals surface area contributed by atoms with E-state index in [0.29, 0.717) is 6.61 Å². The van der Waals surface area contributed by atoms with Crippen LogP contribution in [0.15, 0.2) is 46.9 Å². The summed E-state index contributed by atoms with van der Waals surface area (Å²) in [7, 11) is 0. The Bertz CT molecular complexity index is 586. The summed E-state index contributed by atoms with van der Waals surface area (Å²) in [4.78, 5) is 0. The molecule has 1 unspecified atom stereocenters. The van der Waals surface area contributed by atoms with Crippen LogP contribution >= 0.6 is 38.5 Å². The van der Waals surface area contributed by atoms with E-state index >= 15 is 0 Å². The molecule has 0 saturated carbocycles. The molecule has 0 aromatic heterocycles. The lowest BCUT2D eigenvalue weighted by Crippen LogP contribution is -2.18. The molecule has 112 valence electrons. The number of hydrogen-bond acceptors (Lipinski definition) is 2. The summed E-state index contributed by atoms with van der Waals surface area (Å²) in [6.07, 6.45) is 0. The molecular weight excluding hydrogens is 441 g/mol. The van der Waals surface area contributed by atoms with Crippen LogP contribution in [0.3, 0.4) is 0 Å². The van der Waals surface area contributed by atoms with Crippen LogP contribution in [-0.2, 0) is 6.61 Å². The van der Waals surface area contributed by atoms with Crippen molar-refractivity contribution in [3.63, 3.8) is 0 Å². The third-order valence-electron chi connectivity index (χ3n) is 3.26. The molecule has 1 atom stereocenters. The lowest BCUT2D eigenvalue weighted by molar-refractivity contribution is 0.300. The van der Waals surface area contributed by atoms with Gasteiger partial charge in [-0.25, -0.2) is 0 Å². The van der Waals surface area contributed by atoms with E-state index in [1.54, 1.807) is 0 Å². The number of benzene rings is 2. The number of rotatable bonds is 6. The number of nitrogens with one attached hydrogen (secondary N) is 1. The Hall–Kier alpha value is -0.590. The second-order valence-corrected chi connectivity index (χ2v) is 7.04. The Morgan fingerprint density at radius 1 is 1.19 bits per heavy atom. The van der Waals surface area contributed by atoms with Crippen molar-refractivity contribution in [3.8, 4) is 5.75 Å². The zero-order valence-corrected chi connectivity index (χ0v) is 15.9. The van der Waals surface area contributed by atoms with Gasteiger partial charge < -0.3 is 10.1 Å². The van der Waals surface area contributed by atoms with Gasteiger partial charge in [-0.2, -0.15) is 0 Å². The summed E-state index contributed by atoms with van der Waals surface area (Å²) in [5, 5.41) is 3.43. The molecular formula is C17H19BrINO. The quantitative estimate of drug-likeness (QED) is 0.591. The molecule has 0 bridgehead atoms. The predicted octanol–water partition coefficient (Wildman–Crippen LogP) is 5.30. The highest BCUT2D eigenvalue weighted by Gasteiger charge is 2.11. The maximum absolute atomic E-state index is 6.02. The molecule has 0 aliphatic heterocycles. The Labute approximate surface area is 148 Å². The van der Waals surface area contributed by atoms with Crippen LogP contribution in [0.5, 0.6) is 5.75 Å². The minimum Gasteiger partial charge on any atom is -0.489 e. The number of hydrogen-bond donors (Lipinski definition) is 1. The molecule has 0 radical (unpaired) electrons. The average molecular weight is 460 g/mol. The highest BCUT2D eigenvalue weighted by atomic mass is 127. The fourth-order valence-electron chi connectivity index (χ4n) is 2.15. The summed E-state index contributed by atoms with van der Waals surface area (Å²) in [5.41, 5.74) is 2.36. The SMILES string of the molecule is CCNC(C)c1cc(Br)ccc1OCc1ccc(I)cc1. The minimum atomic E-state index is 0.263. The van der Waals surface area contributed by atoms with Crippen LogP contribution < -0.4 is 10.1 Å². The molecule has 0 saturated heterocycles. The Balaban J connectivity index is 2.13. The largest absolute Gasteiger partial charge is 0.489 e. The molecule has 0 fully saturated rings. The van der Waals surface area contributed by atoms with Crippen molar-refractivity contribution in [1.82, 2.24) is 5.32 Å². The monoisotopic (exact) mass is 459 g/mol. The molecule has 0 heterocycles. The van der Waals surface area contributed by atoms with Gasteiger partial charge in [0.2, 0.25) is 0 Å². The Kier molecular flexibility index (Phi) is 6.51. The number of ether oxygens (including phenoxy) is 1. The van der Waals surface area contributed by atoms with Gasteiger partial charge in [0.1, 0.15) is 12.4 Å². The summed E-state index contributed by atoms with van der Waals surface area (Å²) >= 11 is 5.84. The fourth-order valence-corrected chi connectivity index (χ4v) is 2.89. The van der Waals surface area contributed by atoms with Crippen molar-refractivity contribution in [2.24, 2.45) is 0 Å². The molecule has 2 aromatic carbocycles. The van der Waals surface area contributed by atoms with E-state index in [1.807, 2.05) is 12.1 Å². The van der Waals surface area contributed by atoms with Gasteiger partial charge in [-0.15, -0.1) is 0 Å². The molecule has 2 nitrogen and oxygen atoms in total. The third kappa shape index (κ3) is 4.97. The van der Waals surface area contributed by atoms with Gasteiger partial charge in [-0.1, -0.05) is 35.0 Å². The van der Waals surface area contributed by atoms with Crippen molar-refractivity contribution in [3.05, 3.63) is 61.6 Å². The predicted molar refractivity (Wildman–Crippen MR) is 99.7 cm³/mol. The van der Waals surface area contributed by atoms with Gasteiger partial charge in [-0.3, -0.25) is 0 Å². The standard InChI is InChI=1S/C17H19BrINO/c1-3-20-12(2)16-10-14(18)6-9-17(16)21-11-13-4-7-15(19)8-5-13/h4-10,12,20H,3,11H2,1-2H3. The van der Waals surface area contributed by atoms with Crippen LogP contribution in [-0.4, -0.2) is 6.54 Å². The van der Waals surface area contributed by atoms with Gasteiger partial charge in [0.15, 0.2) is 0 Å². The fraction of sp³-hybridized carbons (Fsp3) is 0.294. The first-order valence-corrected chi connectivity index (χ1v) is 8.87. The second kappa shape index (κ2) is 8.15. The molecule has 21 heavy (non-hydrogen) atoms. The van der Waals surface area contributed by atoms with E-state index < -0.39 is 0 Å². The summed E-state index contributed by atoms with van der Waals surface area (Å²) in [5.74, 6) is 0.935. The zero-order chi connectivity index (χ0) is 15.2. The topological polar surface area (TPSA) is 21.3 Å². The van der Waals surface area contributed by atoms with Crippen LogP contribution in [0.4, 0.5) is 0 Å². The van der Waals surface area contributed by atoms with Crippen LogP contribution in [0.1, 0.15) is 31.0 Å². The van der Waals surface area contributed by atoms with Gasteiger partial charge >= 0.3 is 0 Å². The van der Waals surface area contributed by atoms with Crippen molar-refractivity contribution in [2.45, 2.75) is 26.5 Å². The molecule has 0 amide bonds. The molecule has 0 spiro atoms. The minimum absolute atomic E-state index is 0.263. The van der Waals surface area contributed by atoms with Crippen molar-refractivity contribution in [1.29, 1.82) is 0 Å². The smallest absolute Gasteiger partial charge is 0.124 e. The van der Waals surface area contributed by atoms with Crippen molar-refractivity contribution < 1.29 is 4.74 Å². The Morgan fingerprint density at radius 2 is 1.90 bits per heavy atom. The zero-order valence-electron chi connectivity index (χ0n) is 12.2. The maximum atomic E-state index is 6.02. The third-order valence-corrected chi connectivity index (χ3v) is 4.47. The normalized spacial score (nSPS) is 12.2. The summed E-state index contributed by atoms with van der Waals surface area (Å²) in [6.45, 7) is 5.79. The van der Waals surface area contributed by atoms with Crippen LogP contribution in [0, 0.1) is 3.57 Å². The highest BCUT2D eigenvalue weighted by Crippen LogP contribution is 2.29. The second-order valence-electron chi connectivity index (χ2n) is 4.88. The number of halogens is 2. The van der Waals surface area contributed by atoms with Crippen molar-refractivity contribution in [2.75, 3.05) is 6.54 Å². The summed E-state index contributed by atoms with van der Waals surface area (Å²) < 4.78 is 8.33.